The van der Waals surface area contributed by atoms with Crippen LogP contribution in [0.3, 0.4) is 0 Å². The minimum Gasteiger partial charge on any atom is -0.492 e. The molecule has 138 valence electrons. The van der Waals surface area contributed by atoms with Gasteiger partial charge in [-0.3, -0.25) is 9.59 Å². The lowest BCUT2D eigenvalue weighted by Crippen LogP contribution is -2.33. The largest absolute Gasteiger partial charge is 0.492 e. The van der Waals surface area contributed by atoms with Crippen LogP contribution in [0.4, 0.5) is 5.69 Å². The van der Waals surface area contributed by atoms with E-state index in [1.165, 1.54) is 12.5 Å². The van der Waals surface area contributed by atoms with E-state index in [2.05, 4.69) is 5.32 Å². The smallest absolute Gasteiger partial charge is 0.226 e. The van der Waals surface area contributed by atoms with E-state index in [1.54, 1.807) is 11.0 Å². The van der Waals surface area contributed by atoms with Crippen molar-refractivity contribution < 1.29 is 14.3 Å². The molecule has 1 N–H and O–H groups in total. The number of amides is 2. The summed E-state index contributed by atoms with van der Waals surface area (Å²) in [6, 6.07) is 17.3. The van der Waals surface area contributed by atoms with Crippen LogP contribution in [-0.4, -0.2) is 36.4 Å². The minimum absolute atomic E-state index is 0.0246. The van der Waals surface area contributed by atoms with E-state index < -0.39 is 0 Å². The van der Waals surface area contributed by atoms with Gasteiger partial charge in [-0.25, -0.2) is 0 Å². The molecule has 0 heterocycles. The van der Waals surface area contributed by atoms with Crippen molar-refractivity contribution >= 4 is 17.5 Å². The standard InChI is InChI=1S/C21H26N2O3/c1-3-26-20-12-8-7-11-19(20)22-21(25)14-16-23(17(2)24)15-13-18-9-5-4-6-10-18/h4-12H,3,13-16H2,1-2H3,(H,22,25). The summed E-state index contributed by atoms with van der Waals surface area (Å²) in [5.41, 5.74) is 1.83. The average Bonchev–Trinajstić information content (AvgIpc) is 2.64. The quantitative estimate of drug-likeness (QED) is 0.750. The highest BCUT2D eigenvalue weighted by Crippen LogP contribution is 2.23. The number of carbonyl (C=O) groups is 2. The monoisotopic (exact) mass is 354 g/mol. The predicted molar refractivity (Wildman–Crippen MR) is 103 cm³/mol. The molecule has 0 aliphatic rings. The second kappa shape index (κ2) is 10.2. The second-order valence-corrected chi connectivity index (χ2v) is 5.97. The molecule has 2 rings (SSSR count). The van der Waals surface area contributed by atoms with Gasteiger partial charge in [0.1, 0.15) is 5.75 Å². The molecule has 0 aromatic heterocycles. The first kappa shape index (κ1) is 19.5. The number of ether oxygens (including phenoxy) is 1. The molecular formula is C21H26N2O3. The van der Waals surface area contributed by atoms with Crippen molar-refractivity contribution in [1.82, 2.24) is 4.90 Å². The van der Waals surface area contributed by atoms with Gasteiger partial charge in [0.2, 0.25) is 11.8 Å². The Bertz CT molecular complexity index is 716. The Morgan fingerprint density at radius 3 is 2.38 bits per heavy atom. The van der Waals surface area contributed by atoms with E-state index in [-0.39, 0.29) is 18.2 Å². The van der Waals surface area contributed by atoms with Gasteiger partial charge >= 0.3 is 0 Å². The summed E-state index contributed by atoms with van der Waals surface area (Å²) >= 11 is 0. The lowest BCUT2D eigenvalue weighted by atomic mass is 10.1. The number of para-hydroxylation sites is 2. The van der Waals surface area contributed by atoms with Crippen LogP contribution in [0.25, 0.3) is 0 Å². The topological polar surface area (TPSA) is 58.6 Å². The molecule has 2 amide bonds. The molecule has 5 nitrogen and oxygen atoms in total. The molecule has 0 aliphatic carbocycles. The highest BCUT2D eigenvalue weighted by molar-refractivity contribution is 5.92. The van der Waals surface area contributed by atoms with Gasteiger partial charge in [0.15, 0.2) is 0 Å². The number of hydrogen-bond donors (Lipinski definition) is 1. The predicted octanol–water partition coefficient (Wildman–Crippen LogP) is 3.51. The minimum atomic E-state index is -0.136. The number of nitrogens with zero attached hydrogens (tertiary/aromatic N) is 1. The Morgan fingerprint density at radius 2 is 1.69 bits per heavy atom. The van der Waals surface area contributed by atoms with Crippen molar-refractivity contribution in [3.63, 3.8) is 0 Å². The number of anilines is 1. The molecule has 0 aliphatic heterocycles. The van der Waals surface area contributed by atoms with Gasteiger partial charge in [-0.15, -0.1) is 0 Å². The molecule has 0 fully saturated rings. The summed E-state index contributed by atoms with van der Waals surface area (Å²) in [7, 11) is 0. The normalized spacial score (nSPS) is 10.2. The molecule has 5 heteroatoms. The summed E-state index contributed by atoms with van der Waals surface area (Å²) in [6.45, 7) is 4.96. The Hall–Kier alpha value is -2.82. The second-order valence-electron chi connectivity index (χ2n) is 5.97. The van der Waals surface area contributed by atoms with Crippen molar-refractivity contribution in [2.24, 2.45) is 0 Å². The maximum atomic E-state index is 12.3. The molecule has 0 atom stereocenters. The summed E-state index contributed by atoms with van der Waals surface area (Å²) < 4.78 is 5.51. The van der Waals surface area contributed by atoms with Crippen molar-refractivity contribution in [1.29, 1.82) is 0 Å². The first-order valence-corrected chi connectivity index (χ1v) is 8.91. The van der Waals surface area contributed by atoms with Crippen LogP contribution < -0.4 is 10.1 Å². The van der Waals surface area contributed by atoms with Gasteiger partial charge in [0.25, 0.3) is 0 Å². The Morgan fingerprint density at radius 1 is 1.00 bits per heavy atom. The zero-order chi connectivity index (χ0) is 18.8. The third kappa shape index (κ3) is 6.24. The van der Waals surface area contributed by atoms with Crippen LogP contribution in [-0.2, 0) is 16.0 Å². The molecule has 0 unspecified atom stereocenters. The number of hydrogen-bond acceptors (Lipinski definition) is 3. The Labute approximate surface area is 155 Å². The average molecular weight is 354 g/mol. The fourth-order valence-corrected chi connectivity index (χ4v) is 2.64. The molecule has 26 heavy (non-hydrogen) atoms. The van der Waals surface area contributed by atoms with Crippen LogP contribution in [0.2, 0.25) is 0 Å². The lowest BCUT2D eigenvalue weighted by Gasteiger charge is -2.21. The summed E-state index contributed by atoms with van der Waals surface area (Å²) in [5, 5.41) is 2.86. The SMILES string of the molecule is CCOc1ccccc1NC(=O)CCN(CCc1ccccc1)C(C)=O. The fraction of sp³-hybridized carbons (Fsp3) is 0.333. The fourth-order valence-electron chi connectivity index (χ4n) is 2.64. The zero-order valence-corrected chi connectivity index (χ0v) is 15.4. The van der Waals surface area contributed by atoms with Crippen LogP contribution in [0.1, 0.15) is 25.8 Å². The van der Waals surface area contributed by atoms with E-state index in [4.69, 9.17) is 4.74 Å². The van der Waals surface area contributed by atoms with Gasteiger partial charge < -0.3 is 15.0 Å². The van der Waals surface area contributed by atoms with Gasteiger partial charge in [-0.1, -0.05) is 42.5 Å². The third-order valence-corrected chi connectivity index (χ3v) is 4.03. The number of benzene rings is 2. The first-order chi connectivity index (χ1) is 12.6. The van der Waals surface area contributed by atoms with Gasteiger partial charge in [0, 0.05) is 26.4 Å². The molecule has 2 aromatic carbocycles. The Balaban J connectivity index is 1.86. The van der Waals surface area contributed by atoms with Crippen molar-refractivity contribution in [3.8, 4) is 5.75 Å². The van der Waals surface area contributed by atoms with Crippen molar-refractivity contribution in [3.05, 3.63) is 60.2 Å². The first-order valence-electron chi connectivity index (χ1n) is 8.91. The van der Waals surface area contributed by atoms with E-state index in [1.807, 2.05) is 55.5 Å². The molecule has 0 saturated heterocycles. The number of carbonyl (C=O) groups excluding carboxylic acids is 2. The lowest BCUT2D eigenvalue weighted by molar-refractivity contribution is -0.129. The maximum absolute atomic E-state index is 12.3. The maximum Gasteiger partial charge on any atom is 0.226 e. The van der Waals surface area contributed by atoms with Crippen LogP contribution >= 0.6 is 0 Å². The molecule has 0 bridgehead atoms. The summed E-state index contributed by atoms with van der Waals surface area (Å²) in [6.07, 6.45) is 1.02. The van der Waals surface area contributed by atoms with E-state index >= 15 is 0 Å². The van der Waals surface area contributed by atoms with Crippen LogP contribution in [0, 0.1) is 0 Å². The summed E-state index contributed by atoms with van der Waals surface area (Å²) in [5.74, 6) is 0.488. The molecular weight excluding hydrogens is 328 g/mol. The molecule has 0 saturated carbocycles. The van der Waals surface area contributed by atoms with E-state index in [0.29, 0.717) is 31.1 Å². The van der Waals surface area contributed by atoms with Crippen LogP contribution in [0.15, 0.2) is 54.6 Å². The zero-order valence-electron chi connectivity index (χ0n) is 15.4. The third-order valence-electron chi connectivity index (χ3n) is 4.03. The summed E-state index contributed by atoms with van der Waals surface area (Å²) in [4.78, 5) is 25.8. The number of nitrogens with one attached hydrogen (secondary N) is 1. The van der Waals surface area contributed by atoms with Crippen molar-refractivity contribution in [2.45, 2.75) is 26.7 Å². The van der Waals surface area contributed by atoms with Gasteiger partial charge in [-0.2, -0.15) is 0 Å². The van der Waals surface area contributed by atoms with Gasteiger partial charge in [0.05, 0.1) is 12.3 Å². The highest BCUT2D eigenvalue weighted by Gasteiger charge is 2.12. The molecule has 0 radical (unpaired) electrons. The van der Waals surface area contributed by atoms with Crippen molar-refractivity contribution in [2.75, 3.05) is 25.0 Å². The molecule has 0 spiro atoms. The van der Waals surface area contributed by atoms with E-state index in [0.717, 1.165) is 6.42 Å². The van der Waals surface area contributed by atoms with Crippen LogP contribution in [0.5, 0.6) is 5.75 Å². The van der Waals surface area contributed by atoms with Gasteiger partial charge in [-0.05, 0) is 31.0 Å². The number of rotatable bonds is 9. The van der Waals surface area contributed by atoms with E-state index in [9.17, 15) is 9.59 Å². The highest BCUT2D eigenvalue weighted by atomic mass is 16.5. The Kier molecular flexibility index (Phi) is 7.68. The molecule has 2 aromatic rings.